The van der Waals surface area contributed by atoms with E-state index in [1.807, 2.05) is 43.0 Å². The molecule has 1 amide bonds. The van der Waals surface area contributed by atoms with Crippen LogP contribution in [0.3, 0.4) is 0 Å². The number of carbonyl (C=O) groups is 1. The summed E-state index contributed by atoms with van der Waals surface area (Å²) in [6, 6.07) is 23.5. The van der Waals surface area contributed by atoms with Crippen molar-refractivity contribution in [2.24, 2.45) is 0 Å². The molecule has 0 radical (unpaired) electrons. The van der Waals surface area contributed by atoms with E-state index in [2.05, 4.69) is 54.1 Å². The van der Waals surface area contributed by atoms with E-state index in [-0.39, 0.29) is 17.6 Å². The summed E-state index contributed by atoms with van der Waals surface area (Å²) in [5, 5.41) is 1.13. The minimum Gasteiger partial charge on any atom is -0.343 e. The van der Waals surface area contributed by atoms with Gasteiger partial charge in [-0.1, -0.05) is 60.2 Å². The SMILES string of the molecule is CCN(CC)C(=O)C[C@H](c1ccc(F)cc1)c1cn(Cc2ccc(C)cc2)c2ccccc12. The van der Waals surface area contributed by atoms with Crippen LogP contribution in [0.4, 0.5) is 4.39 Å². The first kappa shape index (κ1) is 22.8. The summed E-state index contributed by atoms with van der Waals surface area (Å²) in [6.07, 6.45) is 2.53. The zero-order valence-corrected chi connectivity index (χ0v) is 19.6. The fourth-order valence-electron chi connectivity index (χ4n) is 4.56. The van der Waals surface area contributed by atoms with Crippen LogP contribution in [-0.4, -0.2) is 28.5 Å². The standard InChI is InChI=1S/C29H31FN2O/c1-4-31(5-2)29(33)18-26(23-14-16-24(30)17-15-23)27-20-32(28-9-7-6-8-25(27)28)19-22-12-10-21(3)11-13-22/h6-17,20,26H,4-5,18-19H2,1-3H3/t26-/m1/s1. The summed E-state index contributed by atoms with van der Waals surface area (Å²) >= 11 is 0. The van der Waals surface area contributed by atoms with Crippen molar-refractivity contribution in [3.8, 4) is 0 Å². The highest BCUT2D eigenvalue weighted by Gasteiger charge is 2.24. The van der Waals surface area contributed by atoms with Crippen LogP contribution in [0.15, 0.2) is 79.0 Å². The number of aromatic nitrogens is 1. The Morgan fingerprint density at radius 1 is 0.939 bits per heavy atom. The largest absolute Gasteiger partial charge is 0.343 e. The lowest BCUT2D eigenvalue weighted by atomic mass is 9.87. The normalized spacial score (nSPS) is 12.1. The van der Waals surface area contributed by atoms with Crippen molar-refractivity contribution in [1.29, 1.82) is 0 Å². The average molecular weight is 443 g/mol. The molecule has 4 rings (SSSR count). The van der Waals surface area contributed by atoms with E-state index in [1.54, 1.807) is 0 Å². The summed E-state index contributed by atoms with van der Waals surface area (Å²) in [6.45, 7) is 8.21. The molecule has 1 aromatic heterocycles. The van der Waals surface area contributed by atoms with E-state index < -0.39 is 0 Å². The zero-order valence-electron chi connectivity index (χ0n) is 19.6. The van der Waals surface area contributed by atoms with Crippen molar-refractivity contribution in [3.05, 3.63) is 107 Å². The number of rotatable bonds is 8. The van der Waals surface area contributed by atoms with Crippen LogP contribution in [0.2, 0.25) is 0 Å². The summed E-state index contributed by atoms with van der Waals surface area (Å²) in [7, 11) is 0. The third kappa shape index (κ3) is 5.00. The zero-order chi connectivity index (χ0) is 23.4. The highest BCUT2D eigenvalue weighted by atomic mass is 19.1. The molecule has 0 saturated carbocycles. The van der Waals surface area contributed by atoms with Crippen LogP contribution < -0.4 is 0 Å². The topological polar surface area (TPSA) is 25.2 Å². The smallest absolute Gasteiger partial charge is 0.223 e. The van der Waals surface area contributed by atoms with Crippen molar-refractivity contribution < 1.29 is 9.18 Å². The Labute approximate surface area is 195 Å². The van der Waals surface area contributed by atoms with E-state index >= 15 is 0 Å². The molecule has 0 aliphatic heterocycles. The second-order valence-corrected chi connectivity index (χ2v) is 8.59. The maximum Gasteiger partial charge on any atom is 0.223 e. The number of hydrogen-bond acceptors (Lipinski definition) is 1. The Morgan fingerprint density at radius 2 is 1.61 bits per heavy atom. The second kappa shape index (κ2) is 10.0. The van der Waals surface area contributed by atoms with Gasteiger partial charge in [-0.3, -0.25) is 4.79 Å². The van der Waals surface area contributed by atoms with Gasteiger partial charge in [-0.15, -0.1) is 0 Å². The molecule has 1 atom stereocenters. The highest BCUT2D eigenvalue weighted by Crippen LogP contribution is 2.35. The molecule has 1 heterocycles. The van der Waals surface area contributed by atoms with Crippen molar-refractivity contribution in [2.45, 2.75) is 39.7 Å². The van der Waals surface area contributed by atoms with Crippen LogP contribution in [0.25, 0.3) is 10.9 Å². The van der Waals surface area contributed by atoms with Gasteiger partial charge in [0.1, 0.15) is 5.82 Å². The summed E-state index contributed by atoms with van der Waals surface area (Å²) < 4.78 is 16.0. The second-order valence-electron chi connectivity index (χ2n) is 8.59. The van der Waals surface area contributed by atoms with Crippen molar-refractivity contribution >= 4 is 16.8 Å². The Hall–Kier alpha value is -3.40. The van der Waals surface area contributed by atoms with Gasteiger partial charge in [0.2, 0.25) is 5.91 Å². The predicted octanol–water partition coefficient (Wildman–Crippen LogP) is 6.53. The van der Waals surface area contributed by atoms with Crippen LogP contribution >= 0.6 is 0 Å². The maximum atomic E-state index is 13.7. The number of halogens is 1. The molecule has 3 aromatic carbocycles. The summed E-state index contributed by atoms with van der Waals surface area (Å²) in [5.74, 6) is -0.304. The minimum atomic E-state index is -0.269. The molecule has 3 nitrogen and oxygen atoms in total. The Kier molecular flexibility index (Phi) is 6.93. The Balaban J connectivity index is 1.79. The van der Waals surface area contributed by atoms with E-state index in [1.165, 1.54) is 23.3 Å². The number of carbonyl (C=O) groups excluding carboxylic acids is 1. The number of benzene rings is 3. The molecule has 0 N–H and O–H groups in total. The van der Waals surface area contributed by atoms with Crippen LogP contribution in [0.1, 0.15) is 48.4 Å². The number of aryl methyl sites for hydroxylation is 1. The van der Waals surface area contributed by atoms with Crippen LogP contribution in [0, 0.1) is 12.7 Å². The molecule has 33 heavy (non-hydrogen) atoms. The van der Waals surface area contributed by atoms with Crippen LogP contribution in [-0.2, 0) is 11.3 Å². The Bertz CT molecular complexity index is 1220. The third-order valence-electron chi connectivity index (χ3n) is 6.44. The first-order chi connectivity index (χ1) is 16.0. The van der Waals surface area contributed by atoms with E-state index in [0.717, 1.165) is 28.6 Å². The molecule has 0 spiro atoms. The van der Waals surface area contributed by atoms with Crippen molar-refractivity contribution in [1.82, 2.24) is 9.47 Å². The van der Waals surface area contributed by atoms with Crippen molar-refractivity contribution in [2.75, 3.05) is 13.1 Å². The average Bonchev–Trinajstić information content (AvgIpc) is 3.18. The fraction of sp³-hybridized carbons (Fsp3) is 0.276. The number of nitrogens with zero attached hydrogens (tertiary/aromatic N) is 2. The molecule has 0 aliphatic carbocycles. The van der Waals surface area contributed by atoms with Gasteiger partial charge in [0, 0.05) is 49.1 Å². The molecule has 4 aromatic rings. The van der Waals surface area contributed by atoms with Gasteiger partial charge in [-0.25, -0.2) is 4.39 Å². The molecule has 0 saturated heterocycles. The molecule has 170 valence electrons. The van der Waals surface area contributed by atoms with Gasteiger partial charge >= 0.3 is 0 Å². The molecule has 0 bridgehead atoms. The van der Waals surface area contributed by atoms with Crippen molar-refractivity contribution in [3.63, 3.8) is 0 Å². The lowest BCUT2D eigenvalue weighted by Gasteiger charge is -2.23. The highest BCUT2D eigenvalue weighted by molar-refractivity contribution is 5.86. The molecular formula is C29H31FN2O. The first-order valence-electron chi connectivity index (χ1n) is 11.7. The lowest BCUT2D eigenvalue weighted by molar-refractivity contribution is -0.131. The fourth-order valence-corrected chi connectivity index (χ4v) is 4.56. The van der Waals surface area contributed by atoms with E-state index in [4.69, 9.17) is 0 Å². The molecule has 0 unspecified atom stereocenters. The number of hydrogen-bond donors (Lipinski definition) is 0. The Morgan fingerprint density at radius 3 is 2.27 bits per heavy atom. The predicted molar refractivity (Wildman–Crippen MR) is 133 cm³/mol. The quantitative estimate of drug-likeness (QED) is 0.305. The van der Waals surface area contributed by atoms with Gasteiger partial charge in [-0.05, 0) is 55.7 Å². The summed E-state index contributed by atoms with van der Waals surface area (Å²) in [5.41, 5.74) is 5.66. The third-order valence-corrected chi connectivity index (χ3v) is 6.44. The summed E-state index contributed by atoms with van der Waals surface area (Å²) in [4.78, 5) is 15.0. The van der Waals surface area contributed by atoms with Gasteiger partial charge in [0.25, 0.3) is 0 Å². The molecule has 0 fully saturated rings. The van der Waals surface area contributed by atoms with Gasteiger partial charge in [-0.2, -0.15) is 0 Å². The van der Waals surface area contributed by atoms with E-state index in [9.17, 15) is 9.18 Å². The number of fused-ring (bicyclic) bond motifs is 1. The number of amides is 1. The minimum absolute atomic E-state index is 0.115. The van der Waals surface area contributed by atoms with E-state index in [0.29, 0.717) is 19.5 Å². The molecule has 4 heteroatoms. The first-order valence-corrected chi connectivity index (χ1v) is 11.7. The van der Waals surface area contributed by atoms with Crippen LogP contribution in [0.5, 0.6) is 0 Å². The number of para-hydroxylation sites is 1. The lowest BCUT2D eigenvalue weighted by Crippen LogP contribution is -2.31. The maximum absolute atomic E-state index is 13.7. The monoisotopic (exact) mass is 442 g/mol. The van der Waals surface area contributed by atoms with Gasteiger partial charge in [0.05, 0.1) is 0 Å². The van der Waals surface area contributed by atoms with Gasteiger partial charge in [0.15, 0.2) is 0 Å². The molecular weight excluding hydrogens is 411 g/mol. The molecule has 0 aliphatic rings. The van der Waals surface area contributed by atoms with Gasteiger partial charge < -0.3 is 9.47 Å².